The van der Waals surface area contributed by atoms with E-state index in [1.165, 1.54) is 25.1 Å². The maximum Gasteiger partial charge on any atom is 0.248 e. The van der Waals surface area contributed by atoms with E-state index in [1.54, 1.807) is 12.1 Å². The maximum atomic E-state index is 13.5. The minimum atomic E-state index is -3.78. The molecule has 0 fully saturated rings. The quantitative estimate of drug-likeness (QED) is 0.856. The molecule has 0 spiro atoms. The zero-order chi connectivity index (χ0) is 18.6. The molecular formula is C18H21FN2O3S. The minimum absolute atomic E-state index is 0.105. The number of halogens is 1. The molecule has 1 N–H and O–H groups in total. The lowest BCUT2D eigenvalue weighted by Crippen LogP contribution is -2.45. The van der Waals surface area contributed by atoms with Gasteiger partial charge in [0.1, 0.15) is 11.9 Å². The molecule has 0 aliphatic rings. The highest BCUT2D eigenvalue weighted by Crippen LogP contribution is 2.23. The molecule has 0 saturated carbocycles. The molecule has 2 aromatic carbocycles. The van der Waals surface area contributed by atoms with Gasteiger partial charge in [0.15, 0.2) is 0 Å². The summed E-state index contributed by atoms with van der Waals surface area (Å²) in [6.45, 7) is 3.43. The van der Waals surface area contributed by atoms with E-state index in [9.17, 15) is 17.6 Å². The van der Waals surface area contributed by atoms with Crippen LogP contribution >= 0.6 is 0 Å². The third kappa shape index (κ3) is 4.57. The van der Waals surface area contributed by atoms with Crippen LogP contribution in [0.15, 0.2) is 48.5 Å². The number of carbonyl (C=O) groups excluding carboxylic acids is 1. The number of aryl methyl sites for hydroxylation is 1. The van der Waals surface area contributed by atoms with Gasteiger partial charge >= 0.3 is 0 Å². The molecule has 5 nitrogen and oxygen atoms in total. The predicted molar refractivity (Wildman–Crippen MR) is 97.6 cm³/mol. The first-order chi connectivity index (χ1) is 11.7. The molecule has 1 unspecified atom stereocenters. The molecule has 0 bridgehead atoms. The number of rotatable bonds is 6. The topological polar surface area (TPSA) is 66.5 Å². The van der Waals surface area contributed by atoms with E-state index in [1.807, 2.05) is 19.1 Å². The second-order valence-corrected chi connectivity index (χ2v) is 7.57. The van der Waals surface area contributed by atoms with Gasteiger partial charge in [0, 0.05) is 5.69 Å². The Morgan fingerprint density at radius 1 is 1.20 bits per heavy atom. The molecule has 134 valence electrons. The van der Waals surface area contributed by atoms with Crippen LogP contribution in [0.4, 0.5) is 15.8 Å². The Kier molecular flexibility index (Phi) is 5.79. The molecule has 0 aromatic heterocycles. The van der Waals surface area contributed by atoms with E-state index in [2.05, 4.69) is 5.32 Å². The summed E-state index contributed by atoms with van der Waals surface area (Å²) in [5.41, 5.74) is 1.68. The lowest BCUT2D eigenvalue weighted by atomic mass is 10.1. The van der Waals surface area contributed by atoms with Crippen LogP contribution in [0.5, 0.6) is 0 Å². The largest absolute Gasteiger partial charge is 0.324 e. The van der Waals surface area contributed by atoms with Gasteiger partial charge in [-0.15, -0.1) is 0 Å². The molecule has 25 heavy (non-hydrogen) atoms. The lowest BCUT2D eigenvalue weighted by Gasteiger charge is -2.28. The molecule has 1 atom stereocenters. The fraction of sp³-hybridized carbons (Fsp3) is 0.278. The summed E-state index contributed by atoms with van der Waals surface area (Å²) < 4.78 is 38.8. The third-order valence-corrected chi connectivity index (χ3v) is 5.05. The first-order valence-corrected chi connectivity index (χ1v) is 9.72. The Morgan fingerprint density at radius 2 is 1.88 bits per heavy atom. The van der Waals surface area contributed by atoms with Crippen molar-refractivity contribution in [3.63, 3.8) is 0 Å². The predicted octanol–water partition coefficient (Wildman–Crippen LogP) is 3.18. The molecule has 7 heteroatoms. The molecule has 1 amide bonds. The molecule has 0 saturated heterocycles. The first kappa shape index (κ1) is 18.9. The number of sulfonamides is 1. The minimum Gasteiger partial charge on any atom is -0.324 e. The van der Waals surface area contributed by atoms with Crippen LogP contribution in [0.1, 0.15) is 19.4 Å². The van der Waals surface area contributed by atoms with Crippen molar-refractivity contribution in [2.75, 3.05) is 15.9 Å². The number of carbonyl (C=O) groups is 1. The van der Waals surface area contributed by atoms with Crippen LogP contribution in [0.3, 0.4) is 0 Å². The number of para-hydroxylation sites is 1. The standard InChI is InChI=1S/C18H21FN2O3S/c1-4-14-8-5-6-11-17(14)20-18(22)13(2)21(25(3,23)24)16-10-7-9-15(19)12-16/h5-13H,4H2,1-3H3,(H,20,22). The normalized spacial score (nSPS) is 12.5. The van der Waals surface area contributed by atoms with Crippen molar-refractivity contribution in [3.05, 3.63) is 59.9 Å². The van der Waals surface area contributed by atoms with Gasteiger partial charge in [-0.05, 0) is 43.2 Å². The number of benzene rings is 2. The summed E-state index contributed by atoms with van der Waals surface area (Å²) >= 11 is 0. The number of anilines is 2. The first-order valence-electron chi connectivity index (χ1n) is 7.87. The highest BCUT2D eigenvalue weighted by atomic mass is 32.2. The zero-order valence-corrected chi connectivity index (χ0v) is 15.2. The maximum absolute atomic E-state index is 13.5. The second-order valence-electron chi connectivity index (χ2n) is 5.71. The van der Waals surface area contributed by atoms with Crippen molar-refractivity contribution >= 4 is 27.3 Å². The van der Waals surface area contributed by atoms with Crippen molar-refractivity contribution in [3.8, 4) is 0 Å². The number of nitrogens with zero attached hydrogens (tertiary/aromatic N) is 1. The van der Waals surface area contributed by atoms with Crippen LogP contribution in [-0.2, 0) is 21.2 Å². The Morgan fingerprint density at radius 3 is 2.48 bits per heavy atom. The van der Waals surface area contributed by atoms with Crippen molar-refractivity contribution in [2.24, 2.45) is 0 Å². The van der Waals surface area contributed by atoms with E-state index in [4.69, 9.17) is 0 Å². The lowest BCUT2D eigenvalue weighted by molar-refractivity contribution is -0.116. The van der Waals surface area contributed by atoms with Crippen molar-refractivity contribution in [1.82, 2.24) is 0 Å². The summed E-state index contributed by atoms with van der Waals surface area (Å²) in [5, 5.41) is 2.76. The van der Waals surface area contributed by atoms with E-state index in [-0.39, 0.29) is 5.69 Å². The number of amides is 1. The fourth-order valence-electron chi connectivity index (χ4n) is 2.61. The molecular weight excluding hydrogens is 343 g/mol. The third-order valence-electron chi connectivity index (χ3n) is 3.81. The summed E-state index contributed by atoms with van der Waals surface area (Å²) in [5.74, 6) is -1.06. The number of hydrogen-bond donors (Lipinski definition) is 1. The van der Waals surface area contributed by atoms with E-state index in [0.717, 1.165) is 28.6 Å². The molecule has 0 aliphatic carbocycles. The van der Waals surface area contributed by atoms with Crippen LogP contribution in [0, 0.1) is 5.82 Å². The molecule has 0 aliphatic heterocycles. The summed E-state index contributed by atoms with van der Waals surface area (Å²) in [6.07, 6.45) is 1.71. The Hall–Kier alpha value is -2.41. The highest BCUT2D eigenvalue weighted by molar-refractivity contribution is 7.92. The summed E-state index contributed by atoms with van der Waals surface area (Å²) in [7, 11) is -3.78. The van der Waals surface area contributed by atoms with Crippen LogP contribution < -0.4 is 9.62 Å². The molecule has 0 heterocycles. The Bertz CT molecular complexity index is 868. The zero-order valence-electron chi connectivity index (χ0n) is 14.4. The molecule has 2 aromatic rings. The average Bonchev–Trinajstić information content (AvgIpc) is 2.54. The van der Waals surface area contributed by atoms with Crippen molar-refractivity contribution in [1.29, 1.82) is 0 Å². The van der Waals surface area contributed by atoms with Gasteiger partial charge in [-0.1, -0.05) is 31.2 Å². The van der Waals surface area contributed by atoms with Gasteiger partial charge < -0.3 is 5.32 Å². The monoisotopic (exact) mass is 364 g/mol. The summed E-state index contributed by atoms with van der Waals surface area (Å²) in [4.78, 5) is 12.6. The van der Waals surface area contributed by atoms with E-state index < -0.39 is 27.8 Å². The van der Waals surface area contributed by atoms with Gasteiger partial charge in [-0.2, -0.15) is 0 Å². The number of hydrogen-bond acceptors (Lipinski definition) is 3. The van der Waals surface area contributed by atoms with Gasteiger partial charge in [0.05, 0.1) is 11.9 Å². The van der Waals surface area contributed by atoms with Gasteiger partial charge in [0.25, 0.3) is 0 Å². The van der Waals surface area contributed by atoms with Crippen molar-refractivity contribution in [2.45, 2.75) is 26.3 Å². The van der Waals surface area contributed by atoms with Gasteiger partial charge in [0.2, 0.25) is 15.9 Å². The van der Waals surface area contributed by atoms with Crippen LogP contribution in [-0.4, -0.2) is 26.6 Å². The summed E-state index contributed by atoms with van der Waals surface area (Å²) in [6, 6.07) is 11.4. The molecule has 0 radical (unpaired) electrons. The molecule has 2 rings (SSSR count). The second kappa shape index (κ2) is 7.65. The number of nitrogens with one attached hydrogen (secondary N) is 1. The average molecular weight is 364 g/mol. The van der Waals surface area contributed by atoms with Crippen LogP contribution in [0.2, 0.25) is 0 Å². The van der Waals surface area contributed by atoms with E-state index >= 15 is 0 Å². The Balaban J connectivity index is 2.33. The SMILES string of the molecule is CCc1ccccc1NC(=O)C(C)N(c1cccc(F)c1)S(C)(=O)=O. The Labute approximate surface area is 147 Å². The van der Waals surface area contributed by atoms with Gasteiger partial charge in [-0.3, -0.25) is 9.10 Å². The van der Waals surface area contributed by atoms with Gasteiger partial charge in [-0.25, -0.2) is 12.8 Å². The fourth-order valence-corrected chi connectivity index (χ4v) is 3.78. The highest BCUT2D eigenvalue weighted by Gasteiger charge is 2.29. The van der Waals surface area contributed by atoms with E-state index in [0.29, 0.717) is 5.69 Å². The van der Waals surface area contributed by atoms with Crippen molar-refractivity contribution < 1.29 is 17.6 Å². The van der Waals surface area contributed by atoms with Crippen LogP contribution in [0.25, 0.3) is 0 Å². The smallest absolute Gasteiger partial charge is 0.248 e.